The van der Waals surface area contributed by atoms with Crippen molar-refractivity contribution >= 4 is 41.0 Å². The molecule has 2 amide bonds. The summed E-state index contributed by atoms with van der Waals surface area (Å²) in [5, 5.41) is 0.595. The van der Waals surface area contributed by atoms with Gasteiger partial charge in [0.05, 0.1) is 29.0 Å². The Morgan fingerprint density at radius 1 is 0.794 bits per heavy atom. The predicted octanol–water partition coefficient (Wildman–Crippen LogP) is 5.04. The maximum Gasteiger partial charge on any atom is 0.339 e. The fourth-order valence-corrected chi connectivity index (χ4v) is 6.41. The SMILES string of the molecule is O=C(OCCN1C(=O)[C@H]2C3c4ccccc4C(c4ccccc43)[C@@H]2C1=O)c1ccc(Cl)cc1Cl. The lowest BCUT2D eigenvalue weighted by Gasteiger charge is -2.45. The van der Waals surface area contributed by atoms with Crippen LogP contribution in [0.15, 0.2) is 66.7 Å². The van der Waals surface area contributed by atoms with E-state index < -0.39 is 17.8 Å². The minimum absolute atomic E-state index is 0.00768. The van der Waals surface area contributed by atoms with Crippen molar-refractivity contribution in [2.24, 2.45) is 11.8 Å². The third kappa shape index (κ3) is 3.04. The molecule has 1 saturated heterocycles. The topological polar surface area (TPSA) is 63.7 Å². The van der Waals surface area contributed by atoms with E-state index in [1.807, 2.05) is 24.3 Å². The molecule has 7 rings (SSSR count). The Kier molecular flexibility index (Phi) is 5.01. The normalized spacial score (nSPS) is 24.0. The number of likely N-dealkylation sites (tertiary alicyclic amines) is 1. The average Bonchev–Trinajstić information content (AvgIpc) is 3.09. The lowest BCUT2D eigenvalue weighted by molar-refractivity contribution is -0.140. The molecule has 4 aliphatic rings. The Morgan fingerprint density at radius 2 is 1.29 bits per heavy atom. The van der Waals surface area contributed by atoms with Crippen molar-refractivity contribution in [2.75, 3.05) is 13.2 Å². The van der Waals surface area contributed by atoms with Gasteiger partial charge in [-0.05, 0) is 40.5 Å². The van der Waals surface area contributed by atoms with Gasteiger partial charge in [0.1, 0.15) is 6.61 Å². The zero-order chi connectivity index (χ0) is 23.6. The van der Waals surface area contributed by atoms with Crippen molar-refractivity contribution in [2.45, 2.75) is 11.8 Å². The van der Waals surface area contributed by atoms with Gasteiger partial charge in [-0.3, -0.25) is 14.5 Å². The van der Waals surface area contributed by atoms with Gasteiger partial charge in [0.25, 0.3) is 0 Å². The second-order valence-corrected chi connectivity index (χ2v) is 9.70. The smallest absolute Gasteiger partial charge is 0.339 e. The average molecular weight is 492 g/mol. The highest BCUT2D eigenvalue weighted by molar-refractivity contribution is 6.36. The molecule has 1 aliphatic heterocycles. The third-order valence-corrected chi connectivity index (χ3v) is 7.79. The molecule has 3 aliphatic carbocycles. The van der Waals surface area contributed by atoms with Crippen molar-refractivity contribution in [3.63, 3.8) is 0 Å². The summed E-state index contributed by atoms with van der Waals surface area (Å²) in [7, 11) is 0. The first-order valence-corrected chi connectivity index (χ1v) is 11.9. The van der Waals surface area contributed by atoms with Crippen LogP contribution in [-0.2, 0) is 14.3 Å². The summed E-state index contributed by atoms with van der Waals surface area (Å²) >= 11 is 12.0. The lowest BCUT2D eigenvalue weighted by Crippen LogP contribution is -2.41. The van der Waals surface area contributed by atoms with Crippen molar-refractivity contribution in [3.8, 4) is 0 Å². The molecule has 34 heavy (non-hydrogen) atoms. The Balaban J connectivity index is 1.26. The first-order chi connectivity index (χ1) is 16.5. The number of benzene rings is 3. The highest BCUT2D eigenvalue weighted by Gasteiger charge is 2.61. The quantitative estimate of drug-likeness (QED) is 0.378. The number of carbonyl (C=O) groups excluding carboxylic acids is 3. The van der Waals surface area contributed by atoms with Gasteiger partial charge in [0.2, 0.25) is 11.8 Å². The van der Waals surface area contributed by atoms with Crippen molar-refractivity contribution in [3.05, 3.63) is 105 Å². The lowest BCUT2D eigenvalue weighted by atomic mass is 9.55. The summed E-state index contributed by atoms with van der Waals surface area (Å²) in [5.41, 5.74) is 4.68. The van der Waals surface area contributed by atoms with Gasteiger partial charge in [-0.1, -0.05) is 71.7 Å². The Hall–Kier alpha value is -3.15. The molecule has 2 atom stereocenters. The third-order valence-electron chi connectivity index (χ3n) is 7.24. The van der Waals surface area contributed by atoms with Crippen LogP contribution in [0.2, 0.25) is 10.0 Å². The van der Waals surface area contributed by atoms with Crippen LogP contribution in [0.3, 0.4) is 0 Å². The maximum atomic E-state index is 13.5. The summed E-state index contributed by atoms with van der Waals surface area (Å²) in [6.07, 6.45) is 0. The van der Waals surface area contributed by atoms with Crippen LogP contribution in [0.25, 0.3) is 0 Å². The molecular formula is C27H19Cl2NO4. The standard InChI is InChI=1S/C27H19Cl2NO4/c28-14-9-10-19(20(29)13-14)27(33)34-12-11-30-25(31)23-21-15-5-1-2-6-16(15)22(24(23)26(30)32)18-8-4-3-7-17(18)21/h1-10,13,21-24H,11-12H2/t21?,22?,23-,24-/m0/s1. The Bertz CT molecular complexity index is 1250. The van der Waals surface area contributed by atoms with E-state index in [4.69, 9.17) is 27.9 Å². The number of esters is 1. The first-order valence-electron chi connectivity index (χ1n) is 11.1. The molecule has 170 valence electrons. The van der Waals surface area contributed by atoms with E-state index >= 15 is 0 Å². The van der Waals surface area contributed by atoms with E-state index in [-0.39, 0.29) is 47.4 Å². The van der Waals surface area contributed by atoms with Crippen LogP contribution in [0.4, 0.5) is 0 Å². The fraction of sp³-hybridized carbons (Fsp3) is 0.222. The summed E-state index contributed by atoms with van der Waals surface area (Å²) in [4.78, 5) is 40.8. The predicted molar refractivity (Wildman–Crippen MR) is 127 cm³/mol. The summed E-state index contributed by atoms with van der Waals surface area (Å²) in [6, 6.07) is 20.7. The van der Waals surface area contributed by atoms with Gasteiger partial charge in [-0.25, -0.2) is 4.79 Å². The van der Waals surface area contributed by atoms with Crippen LogP contribution in [-0.4, -0.2) is 35.8 Å². The minimum Gasteiger partial charge on any atom is -0.460 e. The van der Waals surface area contributed by atoms with Crippen LogP contribution >= 0.6 is 23.2 Å². The van der Waals surface area contributed by atoms with Gasteiger partial charge in [0, 0.05) is 16.9 Å². The summed E-state index contributed by atoms with van der Waals surface area (Å²) < 4.78 is 5.34. The van der Waals surface area contributed by atoms with Crippen LogP contribution in [0, 0.1) is 11.8 Å². The van der Waals surface area contributed by atoms with Crippen LogP contribution in [0.5, 0.6) is 0 Å². The highest BCUT2D eigenvalue weighted by Crippen LogP contribution is 2.60. The molecule has 0 unspecified atom stereocenters. The van der Waals surface area contributed by atoms with Gasteiger partial charge < -0.3 is 4.74 Å². The summed E-state index contributed by atoms with van der Waals surface area (Å²) in [6.45, 7) is -0.0995. The van der Waals surface area contributed by atoms with Crippen LogP contribution in [0.1, 0.15) is 44.4 Å². The molecule has 0 aromatic heterocycles. The minimum atomic E-state index is -0.627. The molecule has 3 aromatic rings. The number of imide groups is 1. The van der Waals surface area contributed by atoms with E-state index in [2.05, 4.69) is 24.3 Å². The molecule has 0 N–H and O–H groups in total. The second-order valence-electron chi connectivity index (χ2n) is 8.85. The zero-order valence-electron chi connectivity index (χ0n) is 17.9. The van der Waals surface area contributed by atoms with E-state index in [1.165, 1.54) is 17.0 Å². The molecule has 1 fully saturated rings. The van der Waals surface area contributed by atoms with Gasteiger partial charge in [-0.15, -0.1) is 0 Å². The van der Waals surface area contributed by atoms with Gasteiger partial charge >= 0.3 is 5.97 Å². The van der Waals surface area contributed by atoms with E-state index in [0.29, 0.717) is 5.02 Å². The fourth-order valence-electron chi connectivity index (χ4n) is 5.92. The number of halogens is 2. The summed E-state index contributed by atoms with van der Waals surface area (Å²) in [5.74, 6) is -2.21. The number of rotatable bonds is 4. The number of carbonyl (C=O) groups is 3. The number of nitrogens with zero attached hydrogens (tertiary/aromatic N) is 1. The van der Waals surface area contributed by atoms with Crippen LogP contribution < -0.4 is 0 Å². The molecule has 0 saturated carbocycles. The monoisotopic (exact) mass is 491 g/mol. The molecule has 7 heteroatoms. The highest BCUT2D eigenvalue weighted by atomic mass is 35.5. The largest absolute Gasteiger partial charge is 0.460 e. The molecule has 3 aromatic carbocycles. The zero-order valence-corrected chi connectivity index (χ0v) is 19.4. The number of hydrogen-bond donors (Lipinski definition) is 0. The second kappa shape index (κ2) is 7.97. The number of hydrogen-bond acceptors (Lipinski definition) is 4. The Morgan fingerprint density at radius 3 is 1.76 bits per heavy atom. The number of amides is 2. The molecule has 2 bridgehead atoms. The van der Waals surface area contributed by atoms with Gasteiger partial charge in [-0.2, -0.15) is 0 Å². The number of ether oxygens (including phenoxy) is 1. The molecule has 5 nitrogen and oxygen atoms in total. The maximum absolute atomic E-state index is 13.5. The molecule has 0 radical (unpaired) electrons. The molecular weight excluding hydrogens is 473 g/mol. The molecule has 0 spiro atoms. The van der Waals surface area contributed by atoms with Crippen molar-refractivity contribution < 1.29 is 19.1 Å². The Labute approximate surface area is 206 Å². The first kappa shape index (κ1) is 21.4. The molecule has 1 heterocycles. The van der Waals surface area contributed by atoms with Crippen molar-refractivity contribution in [1.29, 1.82) is 0 Å². The van der Waals surface area contributed by atoms with E-state index in [1.54, 1.807) is 6.07 Å². The van der Waals surface area contributed by atoms with Crippen molar-refractivity contribution in [1.82, 2.24) is 4.90 Å². The van der Waals surface area contributed by atoms with E-state index in [0.717, 1.165) is 22.3 Å². The van der Waals surface area contributed by atoms with E-state index in [9.17, 15) is 14.4 Å². The van der Waals surface area contributed by atoms with Gasteiger partial charge in [0.15, 0.2) is 0 Å².